The fraction of sp³-hybridized carbons (Fsp3) is 0.161. The molecule has 2 N–H and O–H groups in total. The van der Waals surface area contributed by atoms with Gasteiger partial charge in [-0.05, 0) is 61.0 Å². The molecule has 0 saturated heterocycles. The van der Waals surface area contributed by atoms with E-state index < -0.39 is 0 Å². The Morgan fingerprint density at radius 2 is 1.49 bits per heavy atom. The first-order valence-corrected chi connectivity index (χ1v) is 12.4. The van der Waals surface area contributed by atoms with Crippen LogP contribution in [0.15, 0.2) is 109 Å². The first kappa shape index (κ1) is 25.5. The van der Waals surface area contributed by atoms with Gasteiger partial charge in [0.1, 0.15) is 5.75 Å². The van der Waals surface area contributed by atoms with E-state index in [2.05, 4.69) is 22.8 Å². The largest absolute Gasteiger partial charge is 0.493 e. The molecule has 0 bridgehead atoms. The van der Waals surface area contributed by atoms with Crippen LogP contribution >= 0.6 is 0 Å². The quantitative estimate of drug-likeness (QED) is 0.268. The summed E-state index contributed by atoms with van der Waals surface area (Å²) in [4.78, 5) is 27.2. The Morgan fingerprint density at radius 3 is 2.19 bits per heavy atom. The summed E-state index contributed by atoms with van der Waals surface area (Å²) in [6.07, 6.45) is 0.827. The maximum Gasteiger partial charge on any atom is 0.258 e. The van der Waals surface area contributed by atoms with E-state index in [4.69, 9.17) is 4.74 Å². The molecule has 0 unspecified atom stereocenters. The van der Waals surface area contributed by atoms with Crippen LogP contribution in [0.3, 0.4) is 0 Å². The van der Waals surface area contributed by atoms with E-state index in [1.165, 1.54) is 5.56 Å². The van der Waals surface area contributed by atoms with Gasteiger partial charge in [-0.2, -0.15) is 0 Å². The third-order valence-corrected chi connectivity index (χ3v) is 5.83. The van der Waals surface area contributed by atoms with Crippen LogP contribution in [0.5, 0.6) is 5.75 Å². The zero-order valence-corrected chi connectivity index (χ0v) is 20.9. The van der Waals surface area contributed by atoms with Gasteiger partial charge in [-0.3, -0.25) is 9.59 Å². The Hall–Kier alpha value is -4.58. The molecule has 0 aliphatic carbocycles. The second-order valence-corrected chi connectivity index (χ2v) is 8.48. The van der Waals surface area contributed by atoms with Crippen LogP contribution in [0.1, 0.15) is 22.8 Å². The van der Waals surface area contributed by atoms with Gasteiger partial charge in [-0.15, -0.1) is 0 Å². The van der Waals surface area contributed by atoms with Gasteiger partial charge in [0.15, 0.2) is 0 Å². The molecule has 0 fully saturated rings. The predicted molar refractivity (Wildman–Crippen MR) is 149 cm³/mol. The van der Waals surface area contributed by atoms with Crippen molar-refractivity contribution in [1.29, 1.82) is 0 Å². The molecule has 0 aliphatic heterocycles. The van der Waals surface area contributed by atoms with Gasteiger partial charge in [-0.1, -0.05) is 54.6 Å². The van der Waals surface area contributed by atoms with E-state index in [9.17, 15) is 9.59 Å². The summed E-state index contributed by atoms with van der Waals surface area (Å²) in [5.74, 6) is 0.478. The summed E-state index contributed by atoms with van der Waals surface area (Å²) in [6.45, 7) is 3.19. The first-order valence-electron chi connectivity index (χ1n) is 12.4. The highest BCUT2D eigenvalue weighted by Gasteiger charge is 2.16. The number of amides is 2. The zero-order valence-electron chi connectivity index (χ0n) is 20.9. The number of nitrogens with zero attached hydrogens (tertiary/aromatic N) is 1. The third kappa shape index (κ3) is 7.45. The Balaban J connectivity index is 1.25. The molecule has 0 saturated carbocycles. The molecule has 6 heteroatoms. The highest BCUT2D eigenvalue weighted by molar-refractivity contribution is 6.06. The molecule has 0 atom stereocenters. The van der Waals surface area contributed by atoms with E-state index in [1.807, 2.05) is 79.7 Å². The maximum atomic E-state index is 13.0. The van der Waals surface area contributed by atoms with Crippen molar-refractivity contribution in [2.24, 2.45) is 0 Å². The van der Waals surface area contributed by atoms with Crippen LogP contribution in [0.25, 0.3) is 0 Å². The third-order valence-electron chi connectivity index (χ3n) is 5.83. The van der Waals surface area contributed by atoms with Crippen LogP contribution in [-0.4, -0.2) is 31.5 Å². The normalized spacial score (nSPS) is 10.4. The SMILES string of the molecule is CCN(C(=O)c1ccc(NC(=O)CNc2cccc(OCCc3ccccc3)c2)cc1)c1ccccc1. The average Bonchev–Trinajstić information content (AvgIpc) is 2.94. The van der Waals surface area contributed by atoms with Crippen LogP contribution < -0.4 is 20.3 Å². The molecular weight excluding hydrogens is 462 g/mol. The smallest absolute Gasteiger partial charge is 0.258 e. The Morgan fingerprint density at radius 1 is 0.784 bits per heavy atom. The van der Waals surface area contributed by atoms with E-state index in [0.717, 1.165) is 23.5 Å². The van der Waals surface area contributed by atoms with Crippen molar-refractivity contribution in [1.82, 2.24) is 0 Å². The number of carbonyl (C=O) groups excluding carboxylic acids is 2. The number of hydrogen-bond donors (Lipinski definition) is 2. The van der Waals surface area contributed by atoms with Crippen LogP contribution in [0, 0.1) is 0 Å². The van der Waals surface area contributed by atoms with E-state index in [1.54, 1.807) is 29.2 Å². The Kier molecular flexibility index (Phi) is 8.92. The molecule has 37 heavy (non-hydrogen) atoms. The fourth-order valence-electron chi connectivity index (χ4n) is 3.92. The van der Waals surface area contributed by atoms with Gasteiger partial charge in [-0.25, -0.2) is 0 Å². The summed E-state index contributed by atoms with van der Waals surface area (Å²) in [7, 11) is 0. The molecule has 4 aromatic carbocycles. The van der Waals surface area contributed by atoms with E-state index >= 15 is 0 Å². The molecule has 0 aromatic heterocycles. The lowest BCUT2D eigenvalue weighted by molar-refractivity contribution is -0.114. The molecule has 6 nitrogen and oxygen atoms in total. The van der Waals surface area contributed by atoms with Gasteiger partial charge in [0.05, 0.1) is 13.2 Å². The van der Waals surface area contributed by atoms with Crippen LogP contribution in [-0.2, 0) is 11.2 Å². The van der Waals surface area contributed by atoms with Crippen molar-refractivity contribution in [2.75, 3.05) is 35.2 Å². The number of anilines is 3. The minimum Gasteiger partial charge on any atom is -0.493 e. The molecule has 4 aromatic rings. The van der Waals surface area contributed by atoms with Gasteiger partial charge in [0.25, 0.3) is 5.91 Å². The monoisotopic (exact) mass is 493 g/mol. The van der Waals surface area contributed by atoms with Gasteiger partial charge < -0.3 is 20.3 Å². The molecule has 0 heterocycles. The predicted octanol–water partition coefficient (Wildman–Crippen LogP) is 6.03. The summed E-state index contributed by atoms with van der Waals surface area (Å²) in [5.41, 5.74) is 4.07. The lowest BCUT2D eigenvalue weighted by atomic mass is 10.1. The molecule has 188 valence electrons. The standard InChI is InChI=1S/C31H31N3O3/c1-2-34(28-13-7-4-8-14-28)31(36)25-16-18-26(19-17-25)33-30(35)23-32-27-12-9-15-29(22-27)37-21-20-24-10-5-3-6-11-24/h3-19,22,32H,2,20-21,23H2,1H3,(H,33,35). The highest BCUT2D eigenvalue weighted by Crippen LogP contribution is 2.19. The molecule has 2 amide bonds. The number of benzene rings is 4. The second kappa shape index (κ2) is 12.9. The molecule has 4 rings (SSSR count). The molecule has 0 spiro atoms. The lowest BCUT2D eigenvalue weighted by Gasteiger charge is -2.21. The molecular formula is C31H31N3O3. The number of rotatable bonds is 11. The Labute approximate surface area is 217 Å². The van der Waals surface area contributed by atoms with Crippen molar-refractivity contribution in [2.45, 2.75) is 13.3 Å². The second-order valence-electron chi connectivity index (χ2n) is 8.48. The van der Waals surface area contributed by atoms with Crippen molar-refractivity contribution < 1.29 is 14.3 Å². The van der Waals surface area contributed by atoms with Crippen molar-refractivity contribution in [3.8, 4) is 5.75 Å². The highest BCUT2D eigenvalue weighted by atomic mass is 16.5. The molecule has 0 radical (unpaired) electrons. The van der Waals surface area contributed by atoms with Crippen LogP contribution in [0.2, 0.25) is 0 Å². The van der Waals surface area contributed by atoms with Crippen molar-refractivity contribution >= 4 is 28.9 Å². The summed E-state index contributed by atoms with van der Waals surface area (Å²) in [6, 6.07) is 34.3. The number of ether oxygens (including phenoxy) is 1. The maximum absolute atomic E-state index is 13.0. The summed E-state index contributed by atoms with van der Waals surface area (Å²) in [5, 5.41) is 5.99. The minimum atomic E-state index is -0.186. The average molecular weight is 494 g/mol. The van der Waals surface area contributed by atoms with E-state index in [-0.39, 0.29) is 18.4 Å². The van der Waals surface area contributed by atoms with Crippen molar-refractivity contribution in [3.05, 3.63) is 120 Å². The minimum absolute atomic E-state index is 0.0842. The number of hydrogen-bond acceptors (Lipinski definition) is 4. The summed E-state index contributed by atoms with van der Waals surface area (Å²) >= 11 is 0. The van der Waals surface area contributed by atoms with Gasteiger partial charge in [0.2, 0.25) is 5.91 Å². The summed E-state index contributed by atoms with van der Waals surface area (Å²) < 4.78 is 5.87. The Bertz CT molecular complexity index is 1290. The van der Waals surface area contributed by atoms with E-state index in [0.29, 0.717) is 24.4 Å². The number of carbonyl (C=O) groups is 2. The zero-order chi connectivity index (χ0) is 25.9. The number of para-hydroxylation sites is 1. The topological polar surface area (TPSA) is 70.7 Å². The molecule has 0 aliphatic rings. The lowest BCUT2D eigenvalue weighted by Crippen LogP contribution is -2.30. The first-order chi connectivity index (χ1) is 18.1. The van der Waals surface area contributed by atoms with Crippen molar-refractivity contribution in [3.63, 3.8) is 0 Å². The number of nitrogens with one attached hydrogen (secondary N) is 2. The fourth-order valence-corrected chi connectivity index (χ4v) is 3.92. The van der Waals surface area contributed by atoms with Gasteiger partial charge >= 0.3 is 0 Å². The van der Waals surface area contributed by atoms with Gasteiger partial charge in [0, 0.05) is 41.7 Å². The van der Waals surface area contributed by atoms with Crippen LogP contribution in [0.4, 0.5) is 17.1 Å².